The predicted molar refractivity (Wildman–Crippen MR) is 118 cm³/mol. The van der Waals surface area contributed by atoms with E-state index in [0.717, 1.165) is 5.56 Å². The lowest BCUT2D eigenvalue weighted by molar-refractivity contribution is -0.0504. The highest BCUT2D eigenvalue weighted by molar-refractivity contribution is 14.0. The van der Waals surface area contributed by atoms with Crippen LogP contribution in [0.3, 0.4) is 0 Å². The van der Waals surface area contributed by atoms with E-state index in [-0.39, 0.29) is 36.3 Å². The van der Waals surface area contributed by atoms with Gasteiger partial charge >= 0.3 is 12.7 Å². The smallest absolute Gasteiger partial charge is 0.411 e. The normalized spacial score (nSPS) is 10.7. The summed E-state index contributed by atoms with van der Waals surface area (Å²) in [7, 11) is 2.91. The second kappa shape index (κ2) is 12.8. The van der Waals surface area contributed by atoms with Gasteiger partial charge in [-0.25, -0.2) is 4.79 Å². The molecule has 0 aliphatic heterocycles. The van der Waals surface area contributed by atoms with Crippen LogP contribution in [-0.4, -0.2) is 32.8 Å². The van der Waals surface area contributed by atoms with Gasteiger partial charge in [0.15, 0.2) is 5.96 Å². The monoisotopic (exact) mass is 520 g/mol. The molecule has 0 heterocycles. The number of ether oxygens (including phenoxy) is 2. The summed E-state index contributed by atoms with van der Waals surface area (Å²) in [6.07, 6.45) is -0.536. The lowest BCUT2D eigenvalue weighted by Crippen LogP contribution is -2.36. The van der Waals surface area contributed by atoms with Crippen LogP contribution in [0.25, 0.3) is 0 Å². The van der Waals surface area contributed by atoms with Crippen LogP contribution in [0.15, 0.2) is 53.5 Å². The SMILES string of the molecule is CN=C(NCc1ccc(NC(=O)OC)cc1)NCc1ccccc1OC(F)F.I. The Morgan fingerprint density at radius 1 is 1.07 bits per heavy atom. The molecule has 0 spiro atoms. The molecular weight excluding hydrogens is 497 g/mol. The van der Waals surface area contributed by atoms with Crippen LogP contribution in [0.1, 0.15) is 11.1 Å². The van der Waals surface area contributed by atoms with Gasteiger partial charge in [-0.15, -0.1) is 24.0 Å². The lowest BCUT2D eigenvalue weighted by Gasteiger charge is -2.14. The Bertz CT molecular complexity index is 804. The number of nitrogens with zero attached hydrogens (tertiary/aromatic N) is 1. The first kappa shape index (κ1) is 24.4. The van der Waals surface area contributed by atoms with Gasteiger partial charge in [-0.1, -0.05) is 30.3 Å². The second-order valence-electron chi connectivity index (χ2n) is 5.58. The van der Waals surface area contributed by atoms with Crippen LogP contribution in [0, 0.1) is 0 Å². The van der Waals surface area contributed by atoms with Crippen molar-refractivity contribution >= 4 is 41.7 Å². The topological polar surface area (TPSA) is 84.0 Å². The molecule has 0 aliphatic rings. The van der Waals surface area contributed by atoms with E-state index in [4.69, 9.17) is 0 Å². The average molecular weight is 520 g/mol. The average Bonchev–Trinajstić information content (AvgIpc) is 2.69. The molecule has 0 aliphatic carbocycles. The van der Waals surface area contributed by atoms with Gasteiger partial charge in [0.25, 0.3) is 0 Å². The molecule has 29 heavy (non-hydrogen) atoms. The Kier molecular flexibility index (Phi) is 10.7. The van der Waals surface area contributed by atoms with E-state index in [1.54, 1.807) is 37.4 Å². The van der Waals surface area contributed by atoms with Crippen molar-refractivity contribution in [3.8, 4) is 5.75 Å². The summed E-state index contributed by atoms with van der Waals surface area (Å²) in [5.41, 5.74) is 2.16. The first-order chi connectivity index (χ1) is 13.5. The number of guanidine groups is 1. The molecule has 0 aromatic heterocycles. The van der Waals surface area contributed by atoms with E-state index in [1.165, 1.54) is 13.2 Å². The van der Waals surface area contributed by atoms with Crippen molar-refractivity contribution in [2.45, 2.75) is 19.7 Å². The fraction of sp³-hybridized carbons (Fsp3) is 0.263. The van der Waals surface area contributed by atoms with Crippen molar-refractivity contribution in [2.75, 3.05) is 19.5 Å². The number of anilines is 1. The molecule has 0 saturated heterocycles. The number of amides is 1. The van der Waals surface area contributed by atoms with Gasteiger partial charge in [0.2, 0.25) is 0 Å². The molecule has 0 unspecified atom stereocenters. The predicted octanol–water partition coefficient (Wildman–Crippen LogP) is 3.95. The molecule has 0 atom stereocenters. The van der Waals surface area contributed by atoms with Crippen LogP contribution >= 0.6 is 24.0 Å². The maximum atomic E-state index is 12.5. The summed E-state index contributed by atoms with van der Waals surface area (Å²) in [6, 6.07) is 13.8. The van der Waals surface area contributed by atoms with Crippen LogP contribution in [0.5, 0.6) is 5.75 Å². The standard InChI is InChI=1S/C19H22F2N4O3.HI/c1-22-18(24-12-14-5-3-4-6-16(14)28-17(20)21)23-11-13-7-9-15(10-8-13)25-19(26)27-2;/h3-10,17H,11-12H2,1-2H3,(H,25,26)(H2,22,23,24);1H. The Morgan fingerprint density at radius 2 is 1.72 bits per heavy atom. The van der Waals surface area contributed by atoms with Crippen LogP contribution in [0.2, 0.25) is 0 Å². The number of hydrogen-bond donors (Lipinski definition) is 3. The maximum Gasteiger partial charge on any atom is 0.411 e. The van der Waals surface area contributed by atoms with Crippen molar-refractivity contribution in [1.29, 1.82) is 0 Å². The minimum atomic E-state index is -2.88. The van der Waals surface area contributed by atoms with Gasteiger partial charge in [-0.2, -0.15) is 8.78 Å². The van der Waals surface area contributed by atoms with Gasteiger partial charge in [0.1, 0.15) is 5.75 Å². The van der Waals surface area contributed by atoms with Gasteiger partial charge in [0.05, 0.1) is 7.11 Å². The number of nitrogens with one attached hydrogen (secondary N) is 3. The third-order valence-corrected chi connectivity index (χ3v) is 3.70. The molecule has 0 bridgehead atoms. The molecule has 7 nitrogen and oxygen atoms in total. The minimum Gasteiger partial charge on any atom is -0.453 e. The van der Waals surface area contributed by atoms with Crippen molar-refractivity contribution in [3.63, 3.8) is 0 Å². The fourth-order valence-electron chi connectivity index (χ4n) is 2.32. The van der Waals surface area contributed by atoms with Gasteiger partial charge in [0, 0.05) is 31.4 Å². The fourth-order valence-corrected chi connectivity index (χ4v) is 2.32. The highest BCUT2D eigenvalue weighted by atomic mass is 127. The van der Waals surface area contributed by atoms with E-state index >= 15 is 0 Å². The number of aliphatic imine (C=N–C) groups is 1. The Morgan fingerprint density at radius 3 is 2.34 bits per heavy atom. The molecule has 2 aromatic rings. The summed E-state index contributed by atoms with van der Waals surface area (Å²) >= 11 is 0. The lowest BCUT2D eigenvalue weighted by atomic mass is 10.2. The molecule has 2 aromatic carbocycles. The van der Waals surface area contributed by atoms with Crippen molar-refractivity contribution in [3.05, 3.63) is 59.7 Å². The summed E-state index contributed by atoms with van der Waals surface area (Å²) in [4.78, 5) is 15.3. The van der Waals surface area contributed by atoms with Crippen molar-refractivity contribution < 1.29 is 23.0 Å². The Labute approximate surface area is 184 Å². The zero-order valence-electron chi connectivity index (χ0n) is 15.9. The number of hydrogen-bond acceptors (Lipinski definition) is 4. The number of halogens is 3. The number of rotatable bonds is 7. The first-order valence-electron chi connectivity index (χ1n) is 8.43. The number of carbonyl (C=O) groups is 1. The highest BCUT2D eigenvalue weighted by Gasteiger charge is 2.09. The molecule has 10 heteroatoms. The van der Waals surface area contributed by atoms with Crippen LogP contribution in [0.4, 0.5) is 19.3 Å². The van der Waals surface area contributed by atoms with E-state index in [9.17, 15) is 13.6 Å². The summed E-state index contributed by atoms with van der Waals surface area (Å²) in [5.74, 6) is 0.623. The maximum absolute atomic E-state index is 12.5. The molecule has 0 fully saturated rings. The number of alkyl halides is 2. The van der Waals surface area contributed by atoms with Gasteiger partial charge in [-0.05, 0) is 23.8 Å². The van der Waals surface area contributed by atoms with E-state index in [2.05, 4.69) is 30.4 Å². The summed E-state index contributed by atoms with van der Waals surface area (Å²) < 4.78 is 34.0. The van der Waals surface area contributed by atoms with Gasteiger partial charge in [-0.3, -0.25) is 10.3 Å². The number of carbonyl (C=O) groups excluding carboxylic acids is 1. The summed E-state index contributed by atoms with van der Waals surface area (Å²) in [5, 5.41) is 8.75. The Hall–Kier alpha value is -2.63. The van der Waals surface area contributed by atoms with E-state index in [0.29, 0.717) is 23.8 Å². The van der Waals surface area contributed by atoms with Crippen LogP contribution in [-0.2, 0) is 17.8 Å². The number of benzene rings is 2. The third kappa shape index (κ3) is 8.50. The molecular formula is C19H23F2IN4O3. The Balaban J connectivity index is 0.00000420. The van der Waals surface area contributed by atoms with Crippen molar-refractivity contribution in [1.82, 2.24) is 10.6 Å². The first-order valence-corrected chi connectivity index (χ1v) is 8.43. The van der Waals surface area contributed by atoms with E-state index < -0.39 is 12.7 Å². The molecule has 1 amide bonds. The largest absolute Gasteiger partial charge is 0.453 e. The second-order valence-corrected chi connectivity index (χ2v) is 5.58. The van der Waals surface area contributed by atoms with Crippen LogP contribution < -0.4 is 20.7 Å². The minimum absolute atomic E-state index is 0. The van der Waals surface area contributed by atoms with Gasteiger partial charge < -0.3 is 20.1 Å². The third-order valence-electron chi connectivity index (χ3n) is 3.70. The summed E-state index contributed by atoms with van der Waals surface area (Å²) in [6.45, 7) is -2.13. The van der Waals surface area contributed by atoms with E-state index in [1.807, 2.05) is 12.1 Å². The molecule has 3 N–H and O–H groups in total. The number of para-hydroxylation sites is 1. The quantitative estimate of drug-likeness (QED) is 0.293. The number of methoxy groups -OCH3 is 1. The molecule has 158 valence electrons. The zero-order valence-corrected chi connectivity index (χ0v) is 18.3. The highest BCUT2D eigenvalue weighted by Crippen LogP contribution is 2.19. The zero-order chi connectivity index (χ0) is 20.4. The molecule has 2 rings (SSSR count). The molecule has 0 radical (unpaired) electrons. The molecule has 0 saturated carbocycles. The van der Waals surface area contributed by atoms with Crippen molar-refractivity contribution in [2.24, 2.45) is 4.99 Å².